The number of hydrogen-bond donors (Lipinski definition) is 0. The van der Waals surface area contributed by atoms with Crippen molar-refractivity contribution in [2.75, 3.05) is 0 Å². The number of hydrogen-bond acceptors (Lipinski definition) is 4. The van der Waals surface area contributed by atoms with Gasteiger partial charge in [0.25, 0.3) is 5.56 Å². The highest BCUT2D eigenvalue weighted by Gasteiger charge is 2.11. The first-order valence-corrected chi connectivity index (χ1v) is 8.79. The number of thiophene rings is 1. The molecule has 4 nitrogen and oxygen atoms in total. The fraction of sp³-hybridized carbons (Fsp3) is 0. The van der Waals surface area contributed by atoms with Crippen molar-refractivity contribution >= 4 is 40.1 Å². The number of para-hydroxylation sites is 1. The second-order valence-corrected chi connectivity index (χ2v) is 7.07. The Bertz CT molecular complexity index is 1130. The van der Waals surface area contributed by atoms with Crippen LogP contribution in [0.1, 0.15) is 4.88 Å². The summed E-state index contributed by atoms with van der Waals surface area (Å²) in [5, 5.41) is 4.92. The van der Waals surface area contributed by atoms with E-state index in [0.29, 0.717) is 21.1 Å². The minimum absolute atomic E-state index is 0.205. The van der Waals surface area contributed by atoms with Crippen molar-refractivity contribution in [2.45, 2.75) is 0 Å². The van der Waals surface area contributed by atoms with Crippen LogP contribution in [0, 0.1) is 0 Å². The molecule has 0 aliphatic rings. The molecule has 2 aromatic carbocycles. The van der Waals surface area contributed by atoms with E-state index in [1.807, 2.05) is 54.6 Å². The van der Waals surface area contributed by atoms with Crippen LogP contribution >= 0.6 is 22.9 Å². The van der Waals surface area contributed by atoms with Crippen LogP contribution in [0.4, 0.5) is 0 Å². The molecule has 2 heterocycles. The smallest absolute Gasteiger partial charge is 0.267 e. The van der Waals surface area contributed by atoms with E-state index in [1.165, 1.54) is 16.0 Å². The van der Waals surface area contributed by atoms with E-state index in [9.17, 15) is 4.79 Å². The Morgan fingerprint density at radius 1 is 1.00 bits per heavy atom. The molecule has 0 aliphatic carbocycles. The molecule has 0 atom stereocenters. The monoisotopic (exact) mass is 365 g/mol. The number of aromatic nitrogens is 2. The second-order valence-electron chi connectivity index (χ2n) is 5.32. The fourth-order valence-corrected chi connectivity index (χ4v) is 3.44. The molecule has 122 valence electrons. The third-order valence-corrected chi connectivity index (χ3v) is 4.85. The molecule has 6 heteroatoms. The molecular weight excluding hydrogens is 354 g/mol. The van der Waals surface area contributed by atoms with Crippen LogP contribution in [0.15, 0.2) is 76.6 Å². The fourth-order valence-electron chi connectivity index (χ4n) is 2.52. The minimum Gasteiger partial charge on any atom is -0.267 e. The van der Waals surface area contributed by atoms with Gasteiger partial charge in [-0.15, -0.1) is 11.3 Å². The third kappa shape index (κ3) is 3.12. The highest BCUT2D eigenvalue weighted by atomic mass is 35.5. The lowest BCUT2D eigenvalue weighted by atomic mass is 10.2. The molecule has 4 aromatic rings. The van der Waals surface area contributed by atoms with Crippen molar-refractivity contribution in [1.82, 2.24) is 9.66 Å². The Hall–Kier alpha value is -2.76. The van der Waals surface area contributed by atoms with Gasteiger partial charge in [-0.1, -0.05) is 54.1 Å². The van der Waals surface area contributed by atoms with Gasteiger partial charge in [-0.2, -0.15) is 9.78 Å². The number of nitrogens with zero attached hydrogens (tertiary/aromatic N) is 3. The molecule has 0 fully saturated rings. The largest absolute Gasteiger partial charge is 0.282 e. The molecule has 0 saturated carbocycles. The molecule has 0 unspecified atom stereocenters. The van der Waals surface area contributed by atoms with Gasteiger partial charge in [-0.25, -0.2) is 4.98 Å². The zero-order valence-electron chi connectivity index (χ0n) is 13.0. The van der Waals surface area contributed by atoms with Crippen LogP contribution in [0.2, 0.25) is 4.34 Å². The van der Waals surface area contributed by atoms with Crippen LogP contribution < -0.4 is 5.56 Å². The maximum atomic E-state index is 12.9. The standard InChI is InChI=1S/C19H12ClN3OS/c20-17-11-10-14(25-17)12-21-23-18(13-6-2-1-3-7-13)22-16-9-5-4-8-15(16)19(23)24/h1-12H. The van der Waals surface area contributed by atoms with Crippen LogP contribution in [-0.2, 0) is 0 Å². The third-order valence-electron chi connectivity index (χ3n) is 3.68. The van der Waals surface area contributed by atoms with Gasteiger partial charge in [0, 0.05) is 10.4 Å². The van der Waals surface area contributed by atoms with Gasteiger partial charge in [-0.3, -0.25) is 4.79 Å². The summed E-state index contributed by atoms with van der Waals surface area (Å²) in [6.07, 6.45) is 1.63. The first kappa shape index (κ1) is 15.7. The van der Waals surface area contributed by atoms with Crippen LogP contribution in [0.5, 0.6) is 0 Å². The molecule has 0 bridgehead atoms. The van der Waals surface area contributed by atoms with Crippen molar-refractivity contribution in [3.8, 4) is 11.4 Å². The summed E-state index contributed by atoms with van der Waals surface area (Å²) >= 11 is 7.35. The number of fused-ring (bicyclic) bond motifs is 1. The lowest BCUT2D eigenvalue weighted by molar-refractivity contribution is 0.830. The number of benzene rings is 2. The van der Waals surface area contributed by atoms with Gasteiger partial charge in [-0.05, 0) is 24.3 Å². The van der Waals surface area contributed by atoms with Gasteiger partial charge in [0.15, 0.2) is 5.82 Å². The molecule has 0 radical (unpaired) electrons. The normalized spacial score (nSPS) is 11.4. The van der Waals surface area contributed by atoms with Crippen LogP contribution in [0.3, 0.4) is 0 Å². The Kier molecular flexibility index (Phi) is 4.17. The maximum Gasteiger partial charge on any atom is 0.282 e. The average molecular weight is 366 g/mol. The van der Waals surface area contributed by atoms with Crippen LogP contribution in [-0.4, -0.2) is 15.9 Å². The molecule has 25 heavy (non-hydrogen) atoms. The van der Waals surface area contributed by atoms with E-state index >= 15 is 0 Å². The summed E-state index contributed by atoms with van der Waals surface area (Å²) in [4.78, 5) is 18.5. The maximum absolute atomic E-state index is 12.9. The van der Waals surface area contributed by atoms with Gasteiger partial charge >= 0.3 is 0 Å². The highest BCUT2D eigenvalue weighted by Crippen LogP contribution is 2.21. The summed E-state index contributed by atoms with van der Waals surface area (Å²) in [5.74, 6) is 0.503. The van der Waals surface area contributed by atoms with E-state index in [4.69, 9.17) is 11.6 Å². The molecule has 2 aromatic heterocycles. The molecule has 0 amide bonds. The summed E-state index contributed by atoms with van der Waals surface area (Å²) in [5.41, 5.74) is 1.27. The van der Waals surface area contributed by atoms with Gasteiger partial charge in [0.1, 0.15) is 0 Å². The Labute approximate surface area is 152 Å². The number of halogens is 1. The molecule has 0 spiro atoms. The van der Waals surface area contributed by atoms with E-state index in [1.54, 1.807) is 18.3 Å². The van der Waals surface area contributed by atoms with Crippen LogP contribution in [0.25, 0.3) is 22.3 Å². The van der Waals surface area contributed by atoms with Gasteiger partial charge in [0.2, 0.25) is 0 Å². The highest BCUT2D eigenvalue weighted by molar-refractivity contribution is 7.17. The summed E-state index contributed by atoms with van der Waals surface area (Å²) < 4.78 is 2.01. The Balaban J connectivity index is 1.95. The SMILES string of the molecule is O=c1c2ccccc2nc(-c2ccccc2)n1N=Cc1ccc(Cl)s1. The first-order valence-electron chi connectivity index (χ1n) is 7.59. The predicted molar refractivity (Wildman–Crippen MR) is 104 cm³/mol. The van der Waals surface area contributed by atoms with Gasteiger partial charge in [0.05, 0.1) is 21.5 Å². The van der Waals surface area contributed by atoms with E-state index in [0.717, 1.165) is 10.4 Å². The van der Waals surface area contributed by atoms with Gasteiger partial charge < -0.3 is 0 Å². The minimum atomic E-state index is -0.205. The number of rotatable bonds is 3. The van der Waals surface area contributed by atoms with Crippen molar-refractivity contribution in [3.63, 3.8) is 0 Å². The van der Waals surface area contributed by atoms with E-state index in [2.05, 4.69) is 10.1 Å². The van der Waals surface area contributed by atoms with E-state index < -0.39 is 0 Å². The predicted octanol–water partition coefficient (Wildman–Crippen LogP) is 4.66. The van der Waals surface area contributed by atoms with Crippen molar-refractivity contribution in [2.24, 2.45) is 5.10 Å². The molecule has 0 N–H and O–H groups in total. The second kappa shape index (κ2) is 6.63. The summed E-state index contributed by atoms with van der Waals surface area (Å²) in [7, 11) is 0. The molecule has 0 saturated heterocycles. The quantitative estimate of drug-likeness (QED) is 0.496. The zero-order valence-corrected chi connectivity index (χ0v) is 14.5. The summed E-state index contributed by atoms with van der Waals surface area (Å²) in [6.45, 7) is 0. The van der Waals surface area contributed by atoms with Crippen molar-refractivity contribution in [3.05, 3.63) is 86.3 Å². The van der Waals surface area contributed by atoms with E-state index in [-0.39, 0.29) is 5.56 Å². The first-order chi connectivity index (χ1) is 12.2. The van der Waals surface area contributed by atoms with Crippen molar-refractivity contribution < 1.29 is 0 Å². The Morgan fingerprint density at radius 3 is 2.52 bits per heavy atom. The average Bonchev–Trinajstić information content (AvgIpc) is 3.07. The lowest BCUT2D eigenvalue weighted by Crippen LogP contribution is -2.20. The molecule has 4 rings (SSSR count). The zero-order chi connectivity index (χ0) is 17.2. The Morgan fingerprint density at radius 2 is 1.76 bits per heavy atom. The lowest BCUT2D eigenvalue weighted by Gasteiger charge is -2.09. The van der Waals surface area contributed by atoms with Crippen molar-refractivity contribution in [1.29, 1.82) is 0 Å². The molecule has 0 aliphatic heterocycles. The summed E-state index contributed by atoms with van der Waals surface area (Å²) in [6, 6.07) is 20.5. The molecular formula is C19H12ClN3OS. The topological polar surface area (TPSA) is 47.2 Å².